The van der Waals surface area contributed by atoms with Crippen LogP contribution < -0.4 is 4.74 Å². The molecule has 1 aliphatic rings. The number of hydrogen-bond donors (Lipinski definition) is 0. The highest BCUT2D eigenvalue weighted by molar-refractivity contribution is 6.19. The number of ether oxygens (including phenoxy) is 1. The van der Waals surface area contributed by atoms with Gasteiger partial charge in [-0.25, -0.2) is 0 Å². The van der Waals surface area contributed by atoms with Gasteiger partial charge in [-0.1, -0.05) is 56.3 Å². The monoisotopic (exact) mass is 400 g/mol. The number of imide groups is 1. The molecule has 0 bridgehead atoms. The van der Waals surface area contributed by atoms with Crippen molar-refractivity contribution in [3.8, 4) is 11.8 Å². The molecule has 1 heterocycles. The second-order valence-electron chi connectivity index (χ2n) is 7.63. The number of carbonyl (C=O) groups excluding carboxylic acids is 2. The van der Waals surface area contributed by atoms with Gasteiger partial charge in [-0.05, 0) is 47.8 Å². The highest BCUT2D eigenvalue weighted by Gasteiger charge is 2.35. The van der Waals surface area contributed by atoms with Crippen LogP contribution in [0.15, 0.2) is 71.3 Å². The number of carbonyl (C=O) groups is 2. The highest BCUT2D eigenvalue weighted by Crippen LogP contribution is 2.28. The summed E-state index contributed by atoms with van der Waals surface area (Å²) in [5.41, 5.74) is 2.67. The van der Waals surface area contributed by atoms with Gasteiger partial charge in [0.15, 0.2) is 0 Å². The van der Waals surface area contributed by atoms with Gasteiger partial charge in [-0.2, -0.15) is 5.26 Å². The van der Waals surface area contributed by atoms with Crippen LogP contribution in [0.2, 0.25) is 0 Å². The number of nitriles is 1. The van der Waals surface area contributed by atoms with Crippen molar-refractivity contribution in [1.82, 2.24) is 4.90 Å². The molecule has 2 amide bonds. The van der Waals surface area contributed by atoms with Gasteiger partial charge in [0.25, 0.3) is 11.8 Å². The lowest BCUT2D eigenvalue weighted by Crippen LogP contribution is -2.44. The van der Waals surface area contributed by atoms with Crippen LogP contribution in [0.3, 0.4) is 0 Å². The van der Waals surface area contributed by atoms with E-state index in [2.05, 4.69) is 0 Å². The van der Waals surface area contributed by atoms with Crippen molar-refractivity contribution in [2.45, 2.75) is 27.4 Å². The van der Waals surface area contributed by atoms with Crippen molar-refractivity contribution < 1.29 is 14.3 Å². The Balaban J connectivity index is 1.83. The topological polar surface area (TPSA) is 70.4 Å². The molecule has 0 unspecified atom stereocenters. The van der Waals surface area contributed by atoms with E-state index in [0.717, 1.165) is 16.9 Å². The molecule has 0 radical (unpaired) electrons. The number of amides is 2. The van der Waals surface area contributed by atoms with E-state index in [9.17, 15) is 14.9 Å². The van der Waals surface area contributed by atoms with Crippen molar-refractivity contribution in [2.24, 2.45) is 5.92 Å². The number of benzene rings is 2. The van der Waals surface area contributed by atoms with E-state index < -0.39 is 5.91 Å². The van der Waals surface area contributed by atoms with Crippen molar-refractivity contribution in [1.29, 1.82) is 5.26 Å². The minimum Gasteiger partial charge on any atom is -0.489 e. The van der Waals surface area contributed by atoms with Crippen LogP contribution in [-0.2, 0) is 16.2 Å². The maximum Gasteiger partial charge on any atom is 0.271 e. The molecule has 5 heteroatoms. The van der Waals surface area contributed by atoms with Gasteiger partial charge in [0.05, 0.1) is 0 Å². The Morgan fingerprint density at radius 2 is 1.70 bits per heavy atom. The summed E-state index contributed by atoms with van der Waals surface area (Å²) in [6.07, 6.45) is 1.72. The minimum atomic E-state index is -0.518. The fraction of sp³-hybridized carbons (Fsp3) is 0.240. The summed E-state index contributed by atoms with van der Waals surface area (Å²) in [6.45, 7) is 6.24. The van der Waals surface area contributed by atoms with Crippen LogP contribution in [-0.4, -0.2) is 23.3 Å². The molecular formula is C25H24N2O3. The summed E-state index contributed by atoms with van der Waals surface area (Å²) in [7, 11) is 0. The van der Waals surface area contributed by atoms with Gasteiger partial charge >= 0.3 is 0 Å². The quantitative estimate of drug-likeness (QED) is 0.528. The molecule has 0 saturated heterocycles. The Morgan fingerprint density at radius 1 is 1.03 bits per heavy atom. The summed E-state index contributed by atoms with van der Waals surface area (Å²) in [5.74, 6) is -0.0544. The first-order valence-corrected chi connectivity index (χ1v) is 9.86. The predicted molar refractivity (Wildman–Crippen MR) is 115 cm³/mol. The third-order valence-electron chi connectivity index (χ3n) is 4.81. The zero-order chi connectivity index (χ0) is 21.7. The summed E-state index contributed by atoms with van der Waals surface area (Å²) >= 11 is 0. The zero-order valence-electron chi connectivity index (χ0n) is 17.4. The third kappa shape index (κ3) is 4.66. The van der Waals surface area contributed by atoms with Gasteiger partial charge < -0.3 is 4.74 Å². The normalized spacial score (nSPS) is 15.7. The second kappa shape index (κ2) is 9.23. The van der Waals surface area contributed by atoms with E-state index in [0.29, 0.717) is 17.8 Å². The van der Waals surface area contributed by atoms with Crippen LogP contribution in [0.1, 0.15) is 31.9 Å². The average molecular weight is 400 g/mol. The molecule has 2 aromatic rings. The van der Waals surface area contributed by atoms with E-state index in [1.165, 1.54) is 4.90 Å². The van der Waals surface area contributed by atoms with E-state index in [4.69, 9.17) is 4.74 Å². The van der Waals surface area contributed by atoms with E-state index in [1.807, 2.05) is 74.5 Å². The molecule has 5 nitrogen and oxygen atoms in total. The molecule has 152 valence electrons. The molecule has 0 saturated carbocycles. The maximum atomic E-state index is 12.9. The van der Waals surface area contributed by atoms with E-state index in [-0.39, 0.29) is 23.9 Å². The Bertz CT molecular complexity index is 1040. The first-order valence-electron chi connectivity index (χ1n) is 9.86. The Labute approximate surface area is 176 Å². The molecule has 30 heavy (non-hydrogen) atoms. The molecule has 3 rings (SSSR count). The largest absolute Gasteiger partial charge is 0.489 e. The zero-order valence-corrected chi connectivity index (χ0v) is 17.4. The van der Waals surface area contributed by atoms with Gasteiger partial charge in [-0.15, -0.1) is 0 Å². The molecule has 0 spiro atoms. The molecule has 2 aromatic carbocycles. The lowest BCUT2D eigenvalue weighted by Gasteiger charge is -2.28. The van der Waals surface area contributed by atoms with Crippen molar-refractivity contribution in [3.05, 3.63) is 82.4 Å². The molecule has 0 aromatic heterocycles. The Kier molecular flexibility index (Phi) is 6.48. The number of hydrogen-bond acceptors (Lipinski definition) is 4. The van der Waals surface area contributed by atoms with Crippen LogP contribution >= 0.6 is 0 Å². The van der Waals surface area contributed by atoms with Crippen LogP contribution in [0.5, 0.6) is 5.75 Å². The number of nitrogens with zero attached hydrogens (tertiary/aromatic N) is 2. The SMILES string of the molecule is CC1=C(C#N)C(=O)N(CC(C)C)C(=O)/C1=C/c1ccc(OCc2ccccc2)cc1. The summed E-state index contributed by atoms with van der Waals surface area (Å²) in [6, 6.07) is 19.2. The van der Waals surface area contributed by atoms with Gasteiger partial charge in [0.1, 0.15) is 24.0 Å². The lowest BCUT2D eigenvalue weighted by molar-refractivity contribution is -0.141. The molecular weight excluding hydrogens is 376 g/mol. The summed E-state index contributed by atoms with van der Waals surface area (Å²) < 4.78 is 5.80. The van der Waals surface area contributed by atoms with Crippen molar-refractivity contribution >= 4 is 17.9 Å². The molecule has 1 aliphatic heterocycles. The predicted octanol–water partition coefficient (Wildman–Crippen LogP) is 4.51. The third-order valence-corrected chi connectivity index (χ3v) is 4.81. The molecule has 0 N–H and O–H groups in total. The molecule has 0 aliphatic carbocycles. The average Bonchev–Trinajstić information content (AvgIpc) is 2.74. The van der Waals surface area contributed by atoms with E-state index in [1.54, 1.807) is 13.0 Å². The highest BCUT2D eigenvalue weighted by atomic mass is 16.5. The second-order valence-corrected chi connectivity index (χ2v) is 7.63. The van der Waals surface area contributed by atoms with Crippen LogP contribution in [0.25, 0.3) is 6.08 Å². The maximum absolute atomic E-state index is 12.9. The van der Waals surface area contributed by atoms with E-state index >= 15 is 0 Å². The van der Waals surface area contributed by atoms with Gasteiger partial charge in [0.2, 0.25) is 0 Å². The fourth-order valence-corrected chi connectivity index (χ4v) is 3.23. The summed E-state index contributed by atoms with van der Waals surface area (Å²) in [4.78, 5) is 26.6. The van der Waals surface area contributed by atoms with Crippen LogP contribution in [0.4, 0.5) is 0 Å². The Morgan fingerprint density at radius 3 is 2.30 bits per heavy atom. The van der Waals surface area contributed by atoms with Crippen molar-refractivity contribution in [3.63, 3.8) is 0 Å². The fourth-order valence-electron chi connectivity index (χ4n) is 3.23. The standard InChI is InChI=1S/C25H24N2O3/c1-17(2)15-27-24(28)22(18(3)23(14-26)25(27)29)13-19-9-11-21(12-10-19)30-16-20-7-5-4-6-8-20/h4-13,17H,15-16H2,1-3H3/b22-13+. The van der Waals surface area contributed by atoms with Gasteiger partial charge in [-0.3, -0.25) is 14.5 Å². The lowest BCUT2D eigenvalue weighted by atomic mass is 9.93. The molecule has 0 fully saturated rings. The van der Waals surface area contributed by atoms with Crippen molar-refractivity contribution in [2.75, 3.05) is 6.54 Å². The van der Waals surface area contributed by atoms with Crippen LogP contribution in [0, 0.1) is 17.2 Å². The minimum absolute atomic E-state index is 0.0179. The van der Waals surface area contributed by atoms with Gasteiger partial charge in [0, 0.05) is 12.1 Å². The first kappa shape index (κ1) is 21.1. The Hall–Kier alpha value is -3.65. The number of rotatable bonds is 6. The smallest absolute Gasteiger partial charge is 0.271 e. The molecule has 0 atom stereocenters. The summed E-state index contributed by atoms with van der Waals surface area (Å²) in [5, 5.41) is 9.43. The first-order chi connectivity index (χ1) is 14.4.